The summed E-state index contributed by atoms with van der Waals surface area (Å²) in [4.78, 5) is 27.3. The second-order valence-electron chi connectivity index (χ2n) is 6.27. The Morgan fingerprint density at radius 2 is 1.62 bits per heavy atom. The molecule has 0 radical (unpaired) electrons. The van der Waals surface area contributed by atoms with Crippen molar-refractivity contribution in [3.8, 4) is 6.07 Å². The molecule has 132 valence electrons. The van der Waals surface area contributed by atoms with Crippen molar-refractivity contribution in [3.05, 3.63) is 71.3 Å². The van der Waals surface area contributed by atoms with Gasteiger partial charge in [-0.3, -0.25) is 4.79 Å². The summed E-state index contributed by atoms with van der Waals surface area (Å²) in [6.45, 7) is 1.38. The van der Waals surface area contributed by atoms with Gasteiger partial charge in [0.1, 0.15) is 0 Å². The summed E-state index contributed by atoms with van der Waals surface area (Å²) in [6, 6.07) is 17.3. The summed E-state index contributed by atoms with van der Waals surface area (Å²) in [6.07, 6.45) is 2.09. The lowest BCUT2D eigenvalue weighted by molar-refractivity contribution is -0.142. The Hall–Kier alpha value is -3.13. The van der Waals surface area contributed by atoms with Crippen LogP contribution >= 0.6 is 0 Å². The van der Waals surface area contributed by atoms with Gasteiger partial charge in [-0.25, -0.2) is 4.79 Å². The van der Waals surface area contributed by atoms with E-state index in [2.05, 4.69) is 0 Å². The highest BCUT2D eigenvalue weighted by Crippen LogP contribution is 2.24. The fourth-order valence-electron chi connectivity index (χ4n) is 3.02. The Kier molecular flexibility index (Phi) is 5.65. The van der Waals surface area contributed by atoms with Crippen LogP contribution in [-0.2, 0) is 9.53 Å². The van der Waals surface area contributed by atoms with Crippen LogP contribution in [0.5, 0.6) is 0 Å². The minimum atomic E-state index is -0.961. The zero-order chi connectivity index (χ0) is 18.4. The minimum Gasteiger partial charge on any atom is -0.444 e. The first kappa shape index (κ1) is 17.7. The summed E-state index contributed by atoms with van der Waals surface area (Å²) in [7, 11) is 0. The number of hydrogen-bond donors (Lipinski definition) is 0. The van der Waals surface area contributed by atoms with E-state index in [1.807, 2.05) is 24.3 Å². The van der Waals surface area contributed by atoms with Crippen LogP contribution in [0, 0.1) is 11.3 Å². The Balaban J connectivity index is 1.82. The van der Waals surface area contributed by atoms with Crippen molar-refractivity contribution >= 4 is 11.9 Å². The summed E-state index contributed by atoms with van der Waals surface area (Å²) in [5, 5.41) is 8.86. The predicted molar refractivity (Wildman–Crippen MR) is 96.2 cm³/mol. The van der Waals surface area contributed by atoms with E-state index in [9.17, 15) is 9.59 Å². The summed E-state index contributed by atoms with van der Waals surface area (Å²) in [5.41, 5.74) is 1.44. The number of hydrogen-bond acceptors (Lipinski definition) is 4. The number of likely N-dealkylation sites (tertiary alicyclic amines) is 1. The molecule has 0 spiro atoms. The van der Waals surface area contributed by atoms with Gasteiger partial charge in [0.05, 0.1) is 17.2 Å². The molecule has 3 rings (SSSR count). The number of nitriles is 1. The van der Waals surface area contributed by atoms with Gasteiger partial charge in [-0.15, -0.1) is 0 Å². The van der Waals surface area contributed by atoms with Crippen molar-refractivity contribution in [3.63, 3.8) is 0 Å². The fraction of sp³-hybridized carbons (Fsp3) is 0.286. The number of rotatable bonds is 4. The molecule has 1 amide bonds. The summed E-state index contributed by atoms with van der Waals surface area (Å²) >= 11 is 0. The quantitative estimate of drug-likeness (QED) is 0.793. The lowest BCUT2D eigenvalue weighted by Crippen LogP contribution is -2.40. The Morgan fingerprint density at radius 3 is 2.23 bits per heavy atom. The van der Waals surface area contributed by atoms with Gasteiger partial charge in [0.2, 0.25) is 6.10 Å². The first-order valence-electron chi connectivity index (χ1n) is 8.74. The maximum absolute atomic E-state index is 13.0. The molecule has 0 saturated carbocycles. The van der Waals surface area contributed by atoms with Gasteiger partial charge in [0.15, 0.2) is 0 Å². The Labute approximate surface area is 152 Å². The normalized spacial score (nSPS) is 15.0. The Morgan fingerprint density at radius 1 is 0.962 bits per heavy atom. The van der Waals surface area contributed by atoms with Gasteiger partial charge in [-0.2, -0.15) is 5.26 Å². The van der Waals surface area contributed by atoms with Crippen molar-refractivity contribution in [2.75, 3.05) is 13.1 Å². The fourth-order valence-corrected chi connectivity index (χ4v) is 3.02. The molecular formula is C21H20N2O3. The van der Waals surface area contributed by atoms with Gasteiger partial charge in [0.25, 0.3) is 5.91 Å². The summed E-state index contributed by atoms with van der Waals surface area (Å²) in [5.74, 6) is -0.758. The predicted octanol–water partition coefficient (Wildman–Crippen LogP) is 3.47. The van der Waals surface area contributed by atoms with Gasteiger partial charge < -0.3 is 9.64 Å². The molecule has 5 heteroatoms. The number of nitrogens with zero attached hydrogens (tertiary/aromatic N) is 2. The van der Waals surface area contributed by atoms with E-state index in [-0.39, 0.29) is 5.91 Å². The molecule has 0 unspecified atom stereocenters. The molecule has 1 saturated heterocycles. The molecule has 1 atom stereocenters. The third kappa shape index (κ3) is 4.09. The number of ether oxygens (including phenoxy) is 1. The third-order valence-electron chi connectivity index (χ3n) is 4.47. The number of carbonyl (C=O) groups is 2. The van der Waals surface area contributed by atoms with Crippen LogP contribution in [0.4, 0.5) is 0 Å². The average molecular weight is 348 g/mol. The smallest absolute Gasteiger partial charge is 0.339 e. The monoisotopic (exact) mass is 348 g/mol. The lowest BCUT2D eigenvalue weighted by Gasteiger charge is -2.30. The first-order chi connectivity index (χ1) is 12.7. The second kappa shape index (κ2) is 8.30. The zero-order valence-corrected chi connectivity index (χ0v) is 14.4. The van der Waals surface area contributed by atoms with E-state index < -0.39 is 12.1 Å². The van der Waals surface area contributed by atoms with E-state index in [4.69, 9.17) is 10.00 Å². The molecule has 1 fully saturated rings. The number of carbonyl (C=O) groups excluding carboxylic acids is 2. The standard InChI is InChI=1S/C21H20N2O3/c22-15-16-9-11-18(12-10-16)21(25)26-19(17-7-3-1-4-8-17)20(24)23-13-5-2-6-14-23/h1,3-4,7-12,19H,2,5-6,13-14H2/t19-/m0/s1. The van der Waals surface area contributed by atoms with Crippen LogP contribution in [-0.4, -0.2) is 29.9 Å². The van der Waals surface area contributed by atoms with E-state index in [0.29, 0.717) is 29.8 Å². The maximum Gasteiger partial charge on any atom is 0.339 e. The van der Waals surface area contributed by atoms with Gasteiger partial charge in [-0.1, -0.05) is 30.3 Å². The maximum atomic E-state index is 13.0. The van der Waals surface area contributed by atoms with Crippen LogP contribution in [0.2, 0.25) is 0 Å². The Bertz CT molecular complexity index is 803. The van der Waals surface area contributed by atoms with Crippen LogP contribution in [0.25, 0.3) is 0 Å². The SMILES string of the molecule is N#Cc1ccc(C(=O)O[C@H](C(=O)N2CCCCC2)c2ccccc2)cc1. The van der Waals surface area contributed by atoms with Crippen LogP contribution < -0.4 is 0 Å². The minimum absolute atomic E-state index is 0.183. The number of esters is 1. The number of amides is 1. The zero-order valence-electron chi connectivity index (χ0n) is 14.4. The van der Waals surface area contributed by atoms with Crippen molar-refractivity contribution in [1.29, 1.82) is 5.26 Å². The third-order valence-corrected chi connectivity index (χ3v) is 4.47. The highest BCUT2D eigenvalue weighted by molar-refractivity contribution is 5.92. The lowest BCUT2D eigenvalue weighted by atomic mass is 10.1. The van der Waals surface area contributed by atoms with Gasteiger partial charge >= 0.3 is 5.97 Å². The number of benzene rings is 2. The number of piperidine rings is 1. The molecule has 1 aliphatic heterocycles. The van der Waals surface area contributed by atoms with E-state index in [0.717, 1.165) is 19.3 Å². The van der Waals surface area contributed by atoms with Crippen molar-refractivity contribution in [2.45, 2.75) is 25.4 Å². The molecule has 5 nitrogen and oxygen atoms in total. The molecule has 26 heavy (non-hydrogen) atoms. The molecule has 2 aromatic rings. The highest BCUT2D eigenvalue weighted by Gasteiger charge is 2.30. The van der Waals surface area contributed by atoms with Crippen LogP contribution in [0.15, 0.2) is 54.6 Å². The molecule has 0 aliphatic carbocycles. The van der Waals surface area contributed by atoms with Crippen molar-refractivity contribution in [1.82, 2.24) is 4.90 Å². The van der Waals surface area contributed by atoms with Crippen molar-refractivity contribution in [2.24, 2.45) is 0 Å². The van der Waals surface area contributed by atoms with E-state index in [1.165, 1.54) is 12.1 Å². The molecule has 0 bridgehead atoms. The molecule has 1 heterocycles. The van der Waals surface area contributed by atoms with E-state index in [1.54, 1.807) is 29.2 Å². The molecule has 2 aromatic carbocycles. The molecule has 1 aliphatic rings. The molecular weight excluding hydrogens is 328 g/mol. The van der Waals surface area contributed by atoms with Crippen LogP contribution in [0.1, 0.15) is 46.9 Å². The first-order valence-corrected chi connectivity index (χ1v) is 8.74. The average Bonchev–Trinajstić information content (AvgIpc) is 2.72. The largest absolute Gasteiger partial charge is 0.444 e. The second-order valence-corrected chi connectivity index (χ2v) is 6.27. The highest BCUT2D eigenvalue weighted by atomic mass is 16.5. The van der Waals surface area contributed by atoms with Crippen LogP contribution in [0.3, 0.4) is 0 Å². The molecule has 0 N–H and O–H groups in total. The van der Waals surface area contributed by atoms with Crippen molar-refractivity contribution < 1.29 is 14.3 Å². The van der Waals surface area contributed by atoms with E-state index >= 15 is 0 Å². The summed E-state index contributed by atoms with van der Waals surface area (Å²) < 4.78 is 5.60. The van der Waals surface area contributed by atoms with Gasteiger partial charge in [-0.05, 0) is 43.5 Å². The molecule has 0 aromatic heterocycles. The van der Waals surface area contributed by atoms with Gasteiger partial charge in [0, 0.05) is 18.7 Å². The topological polar surface area (TPSA) is 70.4 Å².